The Hall–Kier alpha value is -1.64. The Kier molecular flexibility index (Phi) is 3.48. The first kappa shape index (κ1) is 12.4. The van der Waals surface area contributed by atoms with Gasteiger partial charge in [-0.1, -0.05) is 0 Å². The minimum absolute atomic E-state index is 0.470. The Morgan fingerprint density at radius 2 is 2.00 bits per heavy atom. The summed E-state index contributed by atoms with van der Waals surface area (Å²) in [6.45, 7) is -2.37. The van der Waals surface area contributed by atoms with E-state index in [1.165, 1.54) is 0 Å². The molecule has 1 rings (SSSR count). The largest absolute Gasteiger partial charge is 0.411 e. The van der Waals surface area contributed by atoms with Crippen molar-refractivity contribution >= 4 is 0 Å². The second-order valence-electron chi connectivity index (χ2n) is 2.80. The Morgan fingerprint density at radius 1 is 1.38 bits per heavy atom. The van der Waals surface area contributed by atoms with Gasteiger partial charge < -0.3 is 4.74 Å². The summed E-state index contributed by atoms with van der Waals surface area (Å²) in [5.74, 6) is -1.28. The van der Waals surface area contributed by atoms with E-state index in [4.69, 9.17) is 0 Å². The summed E-state index contributed by atoms with van der Waals surface area (Å²) in [5.41, 5.74) is -2.29. The lowest BCUT2D eigenvalue weighted by Gasteiger charge is -2.08. The quantitative estimate of drug-likeness (QED) is 0.771. The van der Waals surface area contributed by atoms with Gasteiger partial charge in [0.1, 0.15) is 13.3 Å². The fourth-order valence-corrected chi connectivity index (χ4v) is 0.838. The van der Waals surface area contributed by atoms with Crippen LogP contribution in [0.2, 0.25) is 0 Å². The molecule has 90 valence electrons. The molecule has 0 saturated carbocycles. The van der Waals surface area contributed by atoms with Gasteiger partial charge in [0.15, 0.2) is 0 Å². The van der Waals surface area contributed by atoms with Gasteiger partial charge in [0.2, 0.25) is 5.82 Å². The first-order valence-electron chi connectivity index (χ1n) is 3.93. The number of ether oxygens (including phenoxy) is 1. The number of alkyl halides is 3. The Labute approximate surface area is 85.3 Å². The maximum Gasteiger partial charge on any atom is 0.411 e. The van der Waals surface area contributed by atoms with Crippen LogP contribution in [0.3, 0.4) is 0 Å². The van der Waals surface area contributed by atoms with Crippen LogP contribution in [0.4, 0.5) is 17.6 Å². The topological polar surface area (TPSA) is 64.1 Å². The second-order valence-corrected chi connectivity index (χ2v) is 2.80. The lowest BCUT2D eigenvalue weighted by atomic mass is 10.6. The highest BCUT2D eigenvalue weighted by Crippen LogP contribution is 2.14. The van der Waals surface area contributed by atoms with E-state index >= 15 is 0 Å². The van der Waals surface area contributed by atoms with Crippen LogP contribution in [-0.4, -0.2) is 22.3 Å². The van der Waals surface area contributed by atoms with Crippen molar-refractivity contribution in [2.45, 2.75) is 12.9 Å². The van der Waals surface area contributed by atoms with Crippen molar-refractivity contribution in [2.24, 2.45) is 0 Å². The van der Waals surface area contributed by atoms with Crippen molar-refractivity contribution < 1.29 is 22.3 Å². The number of nitrogens with zero attached hydrogens (tertiary/aromatic N) is 1. The summed E-state index contributed by atoms with van der Waals surface area (Å²) in [7, 11) is 0. The molecule has 0 aromatic carbocycles. The number of hydrogen-bond donors (Lipinski definition) is 1. The molecule has 0 fully saturated rings. The monoisotopic (exact) mass is 242 g/mol. The molecule has 0 aliphatic carbocycles. The normalized spacial score (nSPS) is 11.8. The van der Waals surface area contributed by atoms with Gasteiger partial charge in [-0.05, 0) is 0 Å². The molecule has 0 atom stereocenters. The van der Waals surface area contributed by atoms with Crippen LogP contribution in [0.5, 0.6) is 0 Å². The van der Waals surface area contributed by atoms with Gasteiger partial charge in [-0.25, -0.2) is 4.79 Å². The average molecular weight is 242 g/mol. The number of H-pyrrole nitrogens is 1. The highest BCUT2D eigenvalue weighted by atomic mass is 19.4. The molecule has 0 unspecified atom stereocenters. The number of nitrogens with one attached hydrogen (secondary N) is 1. The average Bonchev–Trinajstić information content (AvgIpc) is 2.11. The van der Waals surface area contributed by atoms with Crippen LogP contribution < -0.4 is 11.2 Å². The Bertz CT molecular complexity index is 476. The summed E-state index contributed by atoms with van der Waals surface area (Å²) in [6.07, 6.45) is -4.07. The van der Waals surface area contributed by atoms with Crippen molar-refractivity contribution in [1.29, 1.82) is 0 Å². The molecule has 0 saturated heterocycles. The maximum atomic E-state index is 12.6. The standard InChI is InChI=1S/C7H6F4N2O3/c8-4-1-13(6(15)12-5(4)14)3-16-2-7(9,10)11/h1H,2-3H2,(H,12,14,15). The third-order valence-corrected chi connectivity index (χ3v) is 1.46. The maximum absolute atomic E-state index is 12.6. The van der Waals surface area contributed by atoms with E-state index in [0.29, 0.717) is 10.8 Å². The third-order valence-electron chi connectivity index (χ3n) is 1.46. The van der Waals surface area contributed by atoms with E-state index in [2.05, 4.69) is 4.74 Å². The zero-order valence-corrected chi connectivity index (χ0v) is 7.68. The highest BCUT2D eigenvalue weighted by Gasteiger charge is 2.27. The van der Waals surface area contributed by atoms with Crippen molar-refractivity contribution in [2.75, 3.05) is 6.61 Å². The van der Waals surface area contributed by atoms with Gasteiger partial charge in [0.05, 0.1) is 6.20 Å². The third kappa shape index (κ3) is 3.50. The van der Waals surface area contributed by atoms with Crippen molar-refractivity contribution in [3.05, 3.63) is 32.9 Å². The zero-order chi connectivity index (χ0) is 12.3. The molecule has 1 N–H and O–H groups in total. The Balaban J connectivity index is 2.72. The van der Waals surface area contributed by atoms with Gasteiger partial charge in [-0.15, -0.1) is 0 Å². The zero-order valence-electron chi connectivity index (χ0n) is 7.68. The number of aromatic amines is 1. The highest BCUT2D eigenvalue weighted by molar-refractivity contribution is 4.86. The van der Waals surface area contributed by atoms with Crippen LogP contribution in [0, 0.1) is 5.82 Å². The molecule has 5 nitrogen and oxygen atoms in total. The molecular weight excluding hydrogens is 236 g/mol. The smallest absolute Gasteiger partial charge is 0.351 e. The van der Waals surface area contributed by atoms with Gasteiger partial charge >= 0.3 is 11.9 Å². The molecule has 0 aliphatic rings. The minimum Gasteiger partial charge on any atom is -0.351 e. The first-order chi connectivity index (χ1) is 7.29. The molecule has 1 heterocycles. The van der Waals surface area contributed by atoms with Crippen molar-refractivity contribution in [3.63, 3.8) is 0 Å². The summed E-state index contributed by atoms with van der Waals surface area (Å²) in [5, 5.41) is 0. The predicted molar refractivity (Wildman–Crippen MR) is 43.3 cm³/mol. The summed E-state index contributed by atoms with van der Waals surface area (Å²) >= 11 is 0. The van der Waals surface area contributed by atoms with E-state index < -0.39 is 36.6 Å². The fraction of sp³-hybridized carbons (Fsp3) is 0.429. The van der Waals surface area contributed by atoms with E-state index in [-0.39, 0.29) is 0 Å². The number of aromatic nitrogens is 2. The number of rotatable bonds is 3. The van der Waals surface area contributed by atoms with Gasteiger partial charge in [0, 0.05) is 0 Å². The molecule has 0 bridgehead atoms. The summed E-state index contributed by atoms with van der Waals surface area (Å²) in [6, 6.07) is 0. The van der Waals surface area contributed by atoms with E-state index in [1.807, 2.05) is 0 Å². The van der Waals surface area contributed by atoms with Crippen molar-refractivity contribution in [1.82, 2.24) is 9.55 Å². The molecule has 1 aromatic rings. The van der Waals surface area contributed by atoms with E-state index in [1.54, 1.807) is 4.98 Å². The number of halogens is 4. The summed E-state index contributed by atoms with van der Waals surface area (Å²) < 4.78 is 52.2. The number of hydrogen-bond acceptors (Lipinski definition) is 3. The lowest BCUT2D eigenvalue weighted by Crippen LogP contribution is -2.32. The van der Waals surface area contributed by atoms with Gasteiger partial charge in [-0.2, -0.15) is 17.6 Å². The van der Waals surface area contributed by atoms with Crippen LogP contribution in [0.15, 0.2) is 15.8 Å². The molecular formula is C7H6F4N2O3. The molecule has 1 aromatic heterocycles. The predicted octanol–water partition coefficient (Wildman–Crippen LogP) is 0.212. The van der Waals surface area contributed by atoms with Crippen LogP contribution in [0.25, 0.3) is 0 Å². The van der Waals surface area contributed by atoms with E-state index in [9.17, 15) is 27.2 Å². The molecule has 0 radical (unpaired) electrons. The fourth-order valence-electron chi connectivity index (χ4n) is 0.838. The Morgan fingerprint density at radius 3 is 2.56 bits per heavy atom. The molecule has 9 heteroatoms. The summed E-state index contributed by atoms with van der Waals surface area (Å²) in [4.78, 5) is 23.1. The molecule has 0 amide bonds. The molecule has 0 aliphatic heterocycles. The van der Waals surface area contributed by atoms with Crippen LogP contribution in [0.1, 0.15) is 0 Å². The second kappa shape index (κ2) is 4.47. The minimum atomic E-state index is -4.54. The van der Waals surface area contributed by atoms with Gasteiger partial charge in [-0.3, -0.25) is 14.3 Å². The SMILES string of the molecule is O=c1[nH]c(=O)n(COCC(F)(F)F)cc1F. The van der Waals surface area contributed by atoms with Crippen LogP contribution in [-0.2, 0) is 11.5 Å². The first-order valence-corrected chi connectivity index (χ1v) is 3.93. The van der Waals surface area contributed by atoms with Crippen LogP contribution >= 0.6 is 0 Å². The van der Waals surface area contributed by atoms with E-state index in [0.717, 1.165) is 0 Å². The molecule has 0 spiro atoms. The van der Waals surface area contributed by atoms with Crippen molar-refractivity contribution in [3.8, 4) is 0 Å². The molecule has 16 heavy (non-hydrogen) atoms. The van der Waals surface area contributed by atoms with Gasteiger partial charge in [0.25, 0.3) is 5.56 Å². The lowest BCUT2D eigenvalue weighted by molar-refractivity contribution is -0.182.